The molecule has 1 aliphatic heterocycles. The van der Waals surface area contributed by atoms with Crippen molar-refractivity contribution in [3.8, 4) is 5.88 Å². The summed E-state index contributed by atoms with van der Waals surface area (Å²) in [4.78, 5) is 2.33. The van der Waals surface area contributed by atoms with Crippen LogP contribution < -0.4 is 10.1 Å². The summed E-state index contributed by atoms with van der Waals surface area (Å²) in [5.74, 6) is 1.29. The van der Waals surface area contributed by atoms with Crippen LogP contribution in [0.25, 0.3) is 0 Å². The van der Waals surface area contributed by atoms with Crippen molar-refractivity contribution < 1.29 is 4.74 Å². The van der Waals surface area contributed by atoms with Crippen LogP contribution in [0.15, 0.2) is 12.1 Å². The molecule has 1 saturated heterocycles. The van der Waals surface area contributed by atoms with E-state index in [1.54, 1.807) is 0 Å². The van der Waals surface area contributed by atoms with Crippen LogP contribution in [0.1, 0.15) is 32.4 Å². The number of aromatic nitrogens is 2. The minimum atomic E-state index is 0.283. The second kappa shape index (κ2) is 7.55. The second-order valence-electron chi connectivity index (χ2n) is 6.01. The maximum atomic E-state index is 5.88. The monoisotopic (exact) mass is 278 g/mol. The third kappa shape index (κ3) is 5.06. The van der Waals surface area contributed by atoms with E-state index in [0.717, 1.165) is 44.7 Å². The quantitative estimate of drug-likeness (QED) is 0.858. The number of hydrogen-bond acceptors (Lipinski definition) is 5. The standard InChI is InChI=1S/C15H26N4O/c1-12(2)10-16-11-13-4-5-15(18-17-13)20-14-6-8-19(3)9-7-14/h4-5,12,14,16H,6-11H2,1-3H3. The molecule has 5 nitrogen and oxygen atoms in total. The Balaban J connectivity index is 1.76. The maximum Gasteiger partial charge on any atom is 0.233 e. The molecular formula is C15H26N4O. The highest BCUT2D eigenvalue weighted by molar-refractivity contribution is 5.11. The Labute approximate surface area is 121 Å². The number of nitrogens with one attached hydrogen (secondary N) is 1. The van der Waals surface area contributed by atoms with E-state index in [1.165, 1.54) is 0 Å². The van der Waals surface area contributed by atoms with Gasteiger partial charge in [-0.05, 0) is 38.4 Å². The molecule has 0 aliphatic carbocycles. The molecule has 1 fully saturated rings. The van der Waals surface area contributed by atoms with Crippen molar-refractivity contribution in [2.75, 3.05) is 26.7 Å². The molecule has 1 aliphatic rings. The summed E-state index contributed by atoms with van der Waals surface area (Å²) in [5, 5.41) is 11.7. The van der Waals surface area contributed by atoms with E-state index in [9.17, 15) is 0 Å². The van der Waals surface area contributed by atoms with E-state index in [-0.39, 0.29) is 6.10 Å². The number of rotatable bonds is 6. The van der Waals surface area contributed by atoms with Gasteiger partial charge in [0.15, 0.2) is 0 Å². The summed E-state index contributed by atoms with van der Waals surface area (Å²) < 4.78 is 5.88. The summed E-state index contributed by atoms with van der Waals surface area (Å²) in [6, 6.07) is 3.92. The number of hydrogen-bond donors (Lipinski definition) is 1. The van der Waals surface area contributed by atoms with Crippen molar-refractivity contribution in [3.63, 3.8) is 0 Å². The van der Waals surface area contributed by atoms with Gasteiger partial charge in [-0.3, -0.25) is 0 Å². The van der Waals surface area contributed by atoms with Gasteiger partial charge in [-0.15, -0.1) is 5.10 Å². The normalized spacial score (nSPS) is 17.6. The minimum absolute atomic E-state index is 0.283. The van der Waals surface area contributed by atoms with Crippen LogP contribution in [0.3, 0.4) is 0 Å². The van der Waals surface area contributed by atoms with Crippen molar-refractivity contribution in [1.82, 2.24) is 20.4 Å². The summed E-state index contributed by atoms with van der Waals surface area (Å²) in [6.45, 7) is 8.33. The lowest BCUT2D eigenvalue weighted by atomic mass is 10.1. The molecule has 20 heavy (non-hydrogen) atoms. The fourth-order valence-electron chi connectivity index (χ4n) is 2.27. The molecule has 0 radical (unpaired) electrons. The Hall–Kier alpha value is -1.20. The predicted octanol–water partition coefficient (Wildman–Crippen LogP) is 1.70. The van der Waals surface area contributed by atoms with Crippen molar-refractivity contribution in [2.45, 2.75) is 39.3 Å². The topological polar surface area (TPSA) is 50.3 Å². The third-order valence-electron chi connectivity index (χ3n) is 3.51. The highest BCUT2D eigenvalue weighted by Gasteiger charge is 2.18. The van der Waals surface area contributed by atoms with Gasteiger partial charge in [0.05, 0.1) is 5.69 Å². The first-order chi connectivity index (χ1) is 9.63. The summed E-state index contributed by atoms with van der Waals surface area (Å²) in [5.41, 5.74) is 0.960. The van der Waals surface area contributed by atoms with E-state index >= 15 is 0 Å². The summed E-state index contributed by atoms with van der Waals surface area (Å²) in [7, 11) is 2.15. The molecule has 112 valence electrons. The van der Waals surface area contributed by atoms with Crippen LogP contribution in [0.5, 0.6) is 5.88 Å². The van der Waals surface area contributed by atoms with Crippen molar-refractivity contribution in [1.29, 1.82) is 0 Å². The average Bonchev–Trinajstić information content (AvgIpc) is 2.43. The first-order valence-electron chi connectivity index (χ1n) is 7.52. The highest BCUT2D eigenvalue weighted by Crippen LogP contribution is 2.15. The molecule has 5 heteroatoms. The van der Waals surface area contributed by atoms with Crippen molar-refractivity contribution in [2.24, 2.45) is 5.92 Å². The summed E-state index contributed by atoms with van der Waals surface area (Å²) in [6.07, 6.45) is 2.41. The average molecular weight is 278 g/mol. The van der Waals surface area contributed by atoms with Crippen LogP contribution in [-0.4, -0.2) is 47.9 Å². The first kappa shape index (κ1) is 15.2. The molecule has 0 spiro atoms. The number of ether oxygens (including phenoxy) is 1. The van der Waals surface area contributed by atoms with Gasteiger partial charge in [0.2, 0.25) is 5.88 Å². The Morgan fingerprint density at radius 3 is 2.65 bits per heavy atom. The van der Waals surface area contributed by atoms with Gasteiger partial charge in [-0.1, -0.05) is 13.8 Å². The molecule has 0 atom stereocenters. The van der Waals surface area contributed by atoms with Crippen LogP contribution in [0, 0.1) is 5.92 Å². The predicted molar refractivity (Wildman–Crippen MR) is 79.7 cm³/mol. The molecule has 1 aromatic heterocycles. The molecule has 1 aromatic rings. The van der Waals surface area contributed by atoms with Gasteiger partial charge in [0, 0.05) is 25.7 Å². The molecule has 1 N–H and O–H groups in total. The molecule has 0 saturated carbocycles. The van der Waals surface area contributed by atoms with Crippen molar-refractivity contribution >= 4 is 0 Å². The molecular weight excluding hydrogens is 252 g/mol. The fraction of sp³-hybridized carbons (Fsp3) is 0.733. The van der Waals surface area contributed by atoms with E-state index in [1.807, 2.05) is 12.1 Å². The summed E-state index contributed by atoms with van der Waals surface area (Å²) >= 11 is 0. The molecule has 0 bridgehead atoms. The SMILES string of the molecule is CC(C)CNCc1ccc(OC2CCN(C)CC2)nn1. The second-order valence-corrected chi connectivity index (χ2v) is 6.01. The maximum absolute atomic E-state index is 5.88. The Bertz CT molecular complexity index is 385. The number of nitrogens with zero attached hydrogens (tertiary/aromatic N) is 3. The van der Waals surface area contributed by atoms with E-state index in [0.29, 0.717) is 11.8 Å². The van der Waals surface area contributed by atoms with Crippen LogP contribution in [0.2, 0.25) is 0 Å². The Morgan fingerprint density at radius 1 is 1.30 bits per heavy atom. The zero-order valence-electron chi connectivity index (χ0n) is 12.8. The molecule has 0 amide bonds. The lowest BCUT2D eigenvalue weighted by Crippen LogP contribution is -2.35. The van der Waals surface area contributed by atoms with Gasteiger partial charge < -0.3 is 15.0 Å². The van der Waals surface area contributed by atoms with Gasteiger partial charge in [-0.25, -0.2) is 0 Å². The molecule has 0 aromatic carbocycles. The van der Waals surface area contributed by atoms with Crippen molar-refractivity contribution in [3.05, 3.63) is 17.8 Å². The first-order valence-corrected chi connectivity index (χ1v) is 7.52. The lowest BCUT2D eigenvalue weighted by molar-refractivity contribution is 0.109. The number of likely N-dealkylation sites (tertiary alicyclic amines) is 1. The van der Waals surface area contributed by atoms with Crippen LogP contribution >= 0.6 is 0 Å². The van der Waals surface area contributed by atoms with Gasteiger partial charge in [0.25, 0.3) is 0 Å². The highest BCUT2D eigenvalue weighted by atomic mass is 16.5. The van der Waals surface area contributed by atoms with Gasteiger partial charge in [-0.2, -0.15) is 5.10 Å². The lowest BCUT2D eigenvalue weighted by Gasteiger charge is -2.28. The fourth-order valence-corrected chi connectivity index (χ4v) is 2.27. The van der Waals surface area contributed by atoms with Gasteiger partial charge >= 0.3 is 0 Å². The Morgan fingerprint density at radius 2 is 2.05 bits per heavy atom. The van der Waals surface area contributed by atoms with E-state index in [2.05, 4.69) is 41.3 Å². The van der Waals surface area contributed by atoms with Crippen LogP contribution in [0.4, 0.5) is 0 Å². The zero-order chi connectivity index (χ0) is 14.4. The minimum Gasteiger partial charge on any atom is -0.473 e. The smallest absolute Gasteiger partial charge is 0.233 e. The number of piperidine rings is 1. The van der Waals surface area contributed by atoms with E-state index in [4.69, 9.17) is 4.74 Å². The zero-order valence-corrected chi connectivity index (χ0v) is 12.8. The molecule has 0 unspecified atom stereocenters. The third-order valence-corrected chi connectivity index (χ3v) is 3.51. The van der Waals surface area contributed by atoms with Crippen LogP contribution in [-0.2, 0) is 6.54 Å². The molecule has 2 heterocycles. The van der Waals surface area contributed by atoms with E-state index < -0.39 is 0 Å². The van der Waals surface area contributed by atoms with Gasteiger partial charge in [0.1, 0.15) is 6.10 Å². The molecule has 2 rings (SSSR count). The Kier molecular flexibility index (Phi) is 5.73. The largest absolute Gasteiger partial charge is 0.473 e.